The summed E-state index contributed by atoms with van der Waals surface area (Å²) in [7, 11) is 0. The van der Waals surface area contributed by atoms with Gasteiger partial charge in [0.05, 0.1) is 6.61 Å². The Morgan fingerprint density at radius 1 is 1.56 bits per heavy atom. The number of hydrogen-bond acceptors (Lipinski definition) is 2. The average molecular weight is 135 g/mol. The smallest absolute Gasteiger partial charge is 0.157 e. The van der Waals surface area contributed by atoms with Crippen molar-refractivity contribution in [3.8, 4) is 0 Å². The number of rotatable bonds is 5. The lowest BCUT2D eigenvalue weighted by molar-refractivity contribution is -0.112. The monoisotopic (exact) mass is 135 g/mol. The van der Waals surface area contributed by atoms with E-state index in [2.05, 4.69) is 6.92 Å². The van der Waals surface area contributed by atoms with Gasteiger partial charge in [-0.1, -0.05) is 0 Å². The van der Waals surface area contributed by atoms with Gasteiger partial charge in [-0.15, -0.1) is 0 Å². The Hall–Kier alpha value is -0.150. The van der Waals surface area contributed by atoms with E-state index < -0.39 is 13.0 Å². The molecule has 2 nitrogen and oxygen atoms in total. The summed E-state index contributed by atoms with van der Waals surface area (Å²) in [6, 6.07) is 0. The van der Waals surface area contributed by atoms with E-state index in [1.165, 1.54) is 0 Å². The molecule has 0 bridgehead atoms. The molecule has 1 unspecified atom stereocenters. The van der Waals surface area contributed by atoms with Crippen LogP contribution in [0.2, 0.25) is 0 Å². The van der Waals surface area contributed by atoms with Crippen LogP contribution in [0.1, 0.15) is 6.92 Å². The summed E-state index contributed by atoms with van der Waals surface area (Å²) in [6.45, 7) is 5.40. The third-order valence-electron chi connectivity index (χ3n) is 0.733. The molecule has 9 heavy (non-hydrogen) atoms. The summed E-state index contributed by atoms with van der Waals surface area (Å²) in [6.07, 6.45) is -0.522. The molecule has 0 aromatic rings. The molecule has 0 rings (SSSR count). The molecular formula is C6H12FO2. The van der Waals surface area contributed by atoms with Crippen LogP contribution in [0.25, 0.3) is 0 Å². The first-order valence-corrected chi connectivity index (χ1v) is 2.93. The van der Waals surface area contributed by atoms with E-state index >= 15 is 0 Å². The predicted octanol–water partition coefficient (Wildman–Crippen LogP) is 1.17. The van der Waals surface area contributed by atoms with Crippen LogP contribution >= 0.6 is 0 Å². The zero-order chi connectivity index (χ0) is 7.11. The number of ether oxygens (including phenoxy) is 2. The molecule has 0 fully saturated rings. The molecule has 0 saturated heterocycles. The molecule has 0 aliphatic carbocycles. The minimum atomic E-state index is -0.522. The second-order valence-corrected chi connectivity index (χ2v) is 1.44. The fraction of sp³-hybridized carbons (Fsp3) is 0.833. The highest BCUT2D eigenvalue weighted by Crippen LogP contribution is 1.90. The first kappa shape index (κ1) is 8.85. The van der Waals surface area contributed by atoms with Gasteiger partial charge in [0.2, 0.25) is 0 Å². The highest BCUT2D eigenvalue weighted by Gasteiger charge is 1.97. The van der Waals surface area contributed by atoms with E-state index in [9.17, 15) is 4.39 Å². The van der Waals surface area contributed by atoms with E-state index in [-0.39, 0.29) is 6.61 Å². The minimum Gasteiger partial charge on any atom is -0.353 e. The van der Waals surface area contributed by atoms with E-state index in [0.29, 0.717) is 6.61 Å². The third-order valence-corrected chi connectivity index (χ3v) is 0.733. The van der Waals surface area contributed by atoms with Crippen LogP contribution in [0.3, 0.4) is 0 Å². The van der Waals surface area contributed by atoms with E-state index in [0.717, 1.165) is 0 Å². The highest BCUT2D eigenvalue weighted by molar-refractivity contribution is 4.43. The Bertz CT molecular complexity index is 59.0. The van der Waals surface area contributed by atoms with Crippen molar-refractivity contribution in [2.75, 3.05) is 19.9 Å². The lowest BCUT2D eigenvalue weighted by Gasteiger charge is -2.10. The minimum absolute atomic E-state index is 0.0637. The van der Waals surface area contributed by atoms with Gasteiger partial charge in [0.1, 0.15) is 6.67 Å². The van der Waals surface area contributed by atoms with Gasteiger partial charge in [-0.05, 0) is 6.92 Å². The van der Waals surface area contributed by atoms with Crippen LogP contribution in [0.4, 0.5) is 4.39 Å². The van der Waals surface area contributed by atoms with Gasteiger partial charge < -0.3 is 9.47 Å². The van der Waals surface area contributed by atoms with Gasteiger partial charge in [0.15, 0.2) is 6.29 Å². The van der Waals surface area contributed by atoms with E-state index in [1.54, 1.807) is 0 Å². The Balaban J connectivity index is 2.95. The maximum absolute atomic E-state index is 11.4. The second-order valence-electron chi connectivity index (χ2n) is 1.44. The lowest BCUT2D eigenvalue weighted by Crippen LogP contribution is -2.14. The molecule has 0 aromatic carbocycles. The number of halogens is 1. The number of hydrogen-bond donors (Lipinski definition) is 0. The zero-order valence-electron chi connectivity index (χ0n) is 5.60. The first-order chi connectivity index (χ1) is 4.31. The van der Waals surface area contributed by atoms with Gasteiger partial charge in [-0.25, -0.2) is 4.39 Å². The topological polar surface area (TPSA) is 18.5 Å². The Morgan fingerprint density at radius 3 is 2.67 bits per heavy atom. The van der Waals surface area contributed by atoms with Crippen LogP contribution in [-0.2, 0) is 9.47 Å². The van der Waals surface area contributed by atoms with Crippen molar-refractivity contribution in [3.05, 3.63) is 6.92 Å². The summed E-state index contributed by atoms with van der Waals surface area (Å²) in [4.78, 5) is 0. The van der Waals surface area contributed by atoms with Crippen LogP contribution in [0, 0.1) is 6.92 Å². The summed E-state index contributed by atoms with van der Waals surface area (Å²) in [5, 5.41) is 0. The predicted molar refractivity (Wildman–Crippen MR) is 32.7 cm³/mol. The molecule has 0 amide bonds. The molecule has 0 aliphatic heterocycles. The maximum Gasteiger partial charge on any atom is 0.157 e. The Labute approximate surface area is 55.0 Å². The molecule has 3 heteroatoms. The molecule has 0 aromatic heterocycles. The molecular weight excluding hydrogens is 123 g/mol. The molecule has 0 aliphatic rings. The fourth-order valence-corrected chi connectivity index (χ4v) is 0.410. The standard InChI is InChI=1S/C6H12FO2/c1-3-8-6(2)9-5-4-7/h6H,2-5H2,1H3. The van der Waals surface area contributed by atoms with E-state index in [4.69, 9.17) is 9.47 Å². The van der Waals surface area contributed by atoms with Gasteiger partial charge in [-0.2, -0.15) is 0 Å². The first-order valence-electron chi connectivity index (χ1n) is 2.93. The van der Waals surface area contributed by atoms with Crippen LogP contribution in [-0.4, -0.2) is 26.2 Å². The Morgan fingerprint density at radius 2 is 2.22 bits per heavy atom. The normalized spacial score (nSPS) is 13.7. The van der Waals surface area contributed by atoms with Gasteiger partial charge in [0, 0.05) is 13.5 Å². The van der Waals surface area contributed by atoms with Crippen molar-refractivity contribution < 1.29 is 13.9 Å². The molecule has 1 radical (unpaired) electrons. The fourth-order valence-electron chi connectivity index (χ4n) is 0.410. The van der Waals surface area contributed by atoms with E-state index in [1.807, 2.05) is 6.92 Å². The van der Waals surface area contributed by atoms with Gasteiger partial charge in [0.25, 0.3) is 0 Å². The van der Waals surface area contributed by atoms with Crippen molar-refractivity contribution in [1.82, 2.24) is 0 Å². The Kier molecular flexibility index (Phi) is 5.88. The van der Waals surface area contributed by atoms with Gasteiger partial charge in [-0.3, -0.25) is 0 Å². The molecule has 0 spiro atoms. The van der Waals surface area contributed by atoms with Crippen molar-refractivity contribution in [2.24, 2.45) is 0 Å². The SMILES string of the molecule is [CH2]C(OCC)OCCF. The summed E-state index contributed by atoms with van der Waals surface area (Å²) < 4.78 is 21.0. The second kappa shape index (κ2) is 5.98. The van der Waals surface area contributed by atoms with Crippen LogP contribution in [0.15, 0.2) is 0 Å². The summed E-state index contributed by atoms with van der Waals surface area (Å²) >= 11 is 0. The summed E-state index contributed by atoms with van der Waals surface area (Å²) in [5.41, 5.74) is 0. The van der Waals surface area contributed by atoms with Crippen molar-refractivity contribution >= 4 is 0 Å². The average Bonchev–Trinajstić information content (AvgIpc) is 1.85. The molecule has 55 valence electrons. The van der Waals surface area contributed by atoms with Crippen LogP contribution in [0.5, 0.6) is 0 Å². The molecule has 0 heterocycles. The van der Waals surface area contributed by atoms with Gasteiger partial charge >= 0.3 is 0 Å². The highest BCUT2D eigenvalue weighted by atomic mass is 19.1. The lowest BCUT2D eigenvalue weighted by atomic mass is 10.7. The van der Waals surface area contributed by atoms with Crippen molar-refractivity contribution in [3.63, 3.8) is 0 Å². The molecule has 1 atom stereocenters. The quantitative estimate of drug-likeness (QED) is 0.527. The van der Waals surface area contributed by atoms with Crippen LogP contribution < -0.4 is 0 Å². The third kappa shape index (κ3) is 5.73. The van der Waals surface area contributed by atoms with Crippen molar-refractivity contribution in [2.45, 2.75) is 13.2 Å². The van der Waals surface area contributed by atoms with Crippen molar-refractivity contribution in [1.29, 1.82) is 0 Å². The molecule has 0 saturated carbocycles. The summed E-state index contributed by atoms with van der Waals surface area (Å²) in [5.74, 6) is 0. The number of alkyl halides is 1. The molecule has 0 N–H and O–H groups in total. The zero-order valence-corrected chi connectivity index (χ0v) is 5.60. The maximum atomic E-state index is 11.4. The largest absolute Gasteiger partial charge is 0.353 e.